The Bertz CT molecular complexity index is 761. The predicted molar refractivity (Wildman–Crippen MR) is 99.5 cm³/mol. The number of esters is 1. The molecule has 2 aromatic carbocycles. The van der Waals surface area contributed by atoms with Crippen molar-refractivity contribution in [1.82, 2.24) is 0 Å². The van der Waals surface area contributed by atoms with E-state index in [1.165, 1.54) is 7.11 Å². The van der Waals surface area contributed by atoms with Gasteiger partial charge in [-0.05, 0) is 48.6 Å². The molecule has 5 nitrogen and oxygen atoms in total. The smallest absolute Gasteiger partial charge is 0.342 e. The highest BCUT2D eigenvalue weighted by Gasteiger charge is 2.16. The molecule has 6 heteroatoms. The summed E-state index contributed by atoms with van der Waals surface area (Å²) in [6, 6.07) is 12.7. The summed E-state index contributed by atoms with van der Waals surface area (Å²) in [5.74, 6) is -0.559. The second kappa shape index (κ2) is 9.13. The van der Waals surface area contributed by atoms with Gasteiger partial charge in [0.25, 0.3) is 5.91 Å². The summed E-state index contributed by atoms with van der Waals surface area (Å²) in [5, 5.41) is 2.72. The van der Waals surface area contributed by atoms with E-state index in [0.717, 1.165) is 16.9 Å². The summed E-state index contributed by atoms with van der Waals surface area (Å²) in [5.41, 5.74) is 2.09. The van der Waals surface area contributed by atoms with Crippen molar-refractivity contribution >= 4 is 29.3 Å². The minimum absolute atomic E-state index is 0.293. The van der Waals surface area contributed by atoms with Crippen LogP contribution in [0.2, 0.25) is 0 Å². The minimum atomic E-state index is -0.595. The summed E-state index contributed by atoms with van der Waals surface area (Å²) < 4.78 is 10.3. The maximum atomic E-state index is 12.2. The number of hydrogen-bond acceptors (Lipinski definition) is 5. The average molecular weight is 359 g/mol. The molecule has 0 saturated carbocycles. The number of thioether (sulfide) groups is 1. The van der Waals surface area contributed by atoms with Crippen LogP contribution in [0, 0.1) is 0 Å². The average Bonchev–Trinajstić information content (AvgIpc) is 2.65. The van der Waals surface area contributed by atoms with Crippen molar-refractivity contribution in [3.63, 3.8) is 0 Å². The summed E-state index contributed by atoms with van der Waals surface area (Å²) in [7, 11) is 1.49. The lowest BCUT2D eigenvalue weighted by atomic mass is 10.1. The van der Waals surface area contributed by atoms with E-state index >= 15 is 0 Å². The number of benzene rings is 2. The normalized spacial score (nSPS) is 10.2. The van der Waals surface area contributed by atoms with Crippen molar-refractivity contribution in [2.75, 3.05) is 25.3 Å². The molecule has 0 aliphatic heterocycles. The summed E-state index contributed by atoms with van der Waals surface area (Å²) >= 11 is 1.54. The first-order valence-electron chi connectivity index (χ1n) is 7.85. The van der Waals surface area contributed by atoms with Gasteiger partial charge in [0.1, 0.15) is 11.3 Å². The lowest BCUT2D eigenvalue weighted by molar-refractivity contribution is -0.119. The Morgan fingerprint density at radius 2 is 1.96 bits per heavy atom. The number of ether oxygens (including phenoxy) is 2. The van der Waals surface area contributed by atoms with Crippen LogP contribution in [0.3, 0.4) is 0 Å². The highest BCUT2D eigenvalue weighted by atomic mass is 32.2. The van der Waals surface area contributed by atoms with Crippen LogP contribution in [-0.2, 0) is 16.0 Å². The third kappa shape index (κ3) is 5.26. The largest absolute Gasteiger partial charge is 0.496 e. The van der Waals surface area contributed by atoms with Gasteiger partial charge in [0, 0.05) is 10.6 Å². The highest BCUT2D eigenvalue weighted by Crippen LogP contribution is 2.25. The van der Waals surface area contributed by atoms with E-state index in [1.54, 1.807) is 36.0 Å². The van der Waals surface area contributed by atoms with Gasteiger partial charge in [0.05, 0.1) is 7.11 Å². The topological polar surface area (TPSA) is 64.6 Å². The van der Waals surface area contributed by atoms with Crippen LogP contribution in [0.1, 0.15) is 22.8 Å². The molecule has 1 amide bonds. The van der Waals surface area contributed by atoms with E-state index in [4.69, 9.17) is 9.47 Å². The van der Waals surface area contributed by atoms with Crippen LogP contribution in [-0.4, -0.2) is 31.8 Å². The molecule has 2 aromatic rings. The fourth-order valence-electron chi connectivity index (χ4n) is 2.24. The SMILES string of the molecule is CCc1cccc(NC(=O)COC(=O)c2ccc(SC)cc2OC)c1. The fourth-order valence-corrected chi connectivity index (χ4v) is 2.67. The standard InChI is InChI=1S/C19H21NO4S/c1-4-13-6-5-7-14(10-13)20-18(21)12-24-19(22)16-9-8-15(25-3)11-17(16)23-2/h5-11H,4,12H2,1-3H3,(H,20,21). The van der Waals surface area contributed by atoms with E-state index < -0.39 is 5.97 Å². The molecule has 0 radical (unpaired) electrons. The molecule has 0 spiro atoms. The molecule has 0 saturated heterocycles. The highest BCUT2D eigenvalue weighted by molar-refractivity contribution is 7.98. The number of rotatable bonds is 7. The Morgan fingerprint density at radius 3 is 2.64 bits per heavy atom. The molecular formula is C19H21NO4S. The van der Waals surface area contributed by atoms with E-state index in [1.807, 2.05) is 31.4 Å². The van der Waals surface area contributed by atoms with E-state index in [-0.39, 0.29) is 12.5 Å². The first kappa shape index (κ1) is 18.9. The lowest BCUT2D eigenvalue weighted by Crippen LogP contribution is -2.21. The molecule has 25 heavy (non-hydrogen) atoms. The van der Waals surface area contributed by atoms with Gasteiger partial charge in [-0.2, -0.15) is 0 Å². The van der Waals surface area contributed by atoms with Crippen LogP contribution in [0.15, 0.2) is 47.4 Å². The predicted octanol–water partition coefficient (Wildman–Crippen LogP) is 3.78. The molecule has 132 valence electrons. The van der Waals surface area contributed by atoms with Crippen molar-refractivity contribution in [3.05, 3.63) is 53.6 Å². The van der Waals surface area contributed by atoms with Crippen molar-refractivity contribution < 1.29 is 19.1 Å². The maximum Gasteiger partial charge on any atom is 0.342 e. The van der Waals surface area contributed by atoms with Gasteiger partial charge in [0.15, 0.2) is 6.61 Å². The molecule has 2 rings (SSSR count). The van der Waals surface area contributed by atoms with Gasteiger partial charge >= 0.3 is 5.97 Å². The summed E-state index contributed by atoms with van der Waals surface area (Å²) in [6.45, 7) is 1.68. The maximum absolute atomic E-state index is 12.2. The van der Waals surface area contributed by atoms with Gasteiger partial charge < -0.3 is 14.8 Å². The Balaban J connectivity index is 1.96. The van der Waals surface area contributed by atoms with Crippen molar-refractivity contribution in [2.24, 2.45) is 0 Å². The Labute approximate surface area is 151 Å². The summed E-state index contributed by atoms with van der Waals surface area (Å²) in [6.07, 6.45) is 2.81. The number of aryl methyl sites for hydroxylation is 1. The Hall–Kier alpha value is -2.47. The second-order valence-electron chi connectivity index (χ2n) is 5.24. The van der Waals surface area contributed by atoms with Gasteiger partial charge in [-0.3, -0.25) is 4.79 Å². The number of methoxy groups -OCH3 is 1. The van der Waals surface area contributed by atoms with Gasteiger partial charge in [0.2, 0.25) is 0 Å². The fraction of sp³-hybridized carbons (Fsp3) is 0.263. The van der Waals surface area contributed by atoms with Crippen LogP contribution >= 0.6 is 11.8 Å². The molecule has 0 aliphatic rings. The number of anilines is 1. The van der Waals surface area contributed by atoms with Crippen LogP contribution in [0.5, 0.6) is 5.75 Å². The molecule has 1 N–H and O–H groups in total. The zero-order valence-electron chi connectivity index (χ0n) is 14.5. The first-order valence-corrected chi connectivity index (χ1v) is 9.07. The zero-order valence-corrected chi connectivity index (χ0v) is 15.3. The third-order valence-electron chi connectivity index (χ3n) is 3.58. The first-order chi connectivity index (χ1) is 12.1. The molecule has 0 atom stereocenters. The lowest BCUT2D eigenvalue weighted by Gasteiger charge is -2.10. The van der Waals surface area contributed by atoms with Crippen molar-refractivity contribution in [2.45, 2.75) is 18.2 Å². The van der Waals surface area contributed by atoms with Crippen molar-refractivity contribution in [3.8, 4) is 5.75 Å². The molecule has 0 aromatic heterocycles. The Morgan fingerprint density at radius 1 is 1.16 bits per heavy atom. The van der Waals surface area contributed by atoms with Crippen LogP contribution in [0.25, 0.3) is 0 Å². The molecule has 0 unspecified atom stereocenters. The number of nitrogens with one attached hydrogen (secondary N) is 1. The van der Waals surface area contributed by atoms with Crippen molar-refractivity contribution in [1.29, 1.82) is 0 Å². The summed E-state index contributed by atoms with van der Waals surface area (Å²) in [4.78, 5) is 25.1. The van der Waals surface area contributed by atoms with E-state index in [0.29, 0.717) is 17.0 Å². The zero-order chi connectivity index (χ0) is 18.2. The molecule has 0 heterocycles. The van der Waals surface area contributed by atoms with Crippen LogP contribution < -0.4 is 10.1 Å². The van der Waals surface area contributed by atoms with Crippen LogP contribution in [0.4, 0.5) is 5.69 Å². The quantitative estimate of drug-likeness (QED) is 0.602. The second-order valence-corrected chi connectivity index (χ2v) is 6.12. The molecular weight excluding hydrogens is 338 g/mol. The monoisotopic (exact) mass is 359 g/mol. The van der Waals surface area contributed by atoms with Gasteiger partial charge in [-0.1, -0.05) is 19.1 Å². The minimum Gasteiger partial charge on any atom is -0.496 e. The number of hydrogen-bond donors (Lipinski definition) is 1. The number of amides is 1. The number of carbonyl (C=O) groups excluding carboxylic acids is 2. The van der Waals surface area contributed by atoms with E-state index in [2.05, 4.69) is 5.32 Å². The number of carbonyl (C=O) groups is 2. The molecule has 0 fully saturated rings. The molecule has 0 aliphatic carbocycles. The third-order valence-corrected chi connectivity index (χ3v) is 4.31. The molecule has 0 bridgehead atoms. The van der Waals surface area contributed by atoms with E-state index in [9.17, 15) is 9.59 Å². The van der Waals surface area contributed by atoms with Gasteiger partial charge in [-0.25, -0.2) is 4.79 Å². The van der Waals surface area contributed by atoms with Gasteiger partial charge in [-0.15, -0.1) is 11.8 Å². The Kier molecular flexibility index (Phi) is 6.89.